The minimum absolute atomic E-state index is 0.0360. The molecular weight excluding hydrogens is 520 g/mol. The maximum absolute atomic E-state index is 9.98. The number of halogens is 1. The predicted molar refractivity (Wildman–Crippen MR) is 149 cm³/mol. The summed E-state index contributed by atoms with van der Waals surface area (Å²) in [4.78, 5) is -0.241. The smallest absolute Gasteiger partial charge is 0.192 e. The molecule has 0 heterocycles. The van der Waals surface area contributed by atoms with Gasteiger partial charge in [0.2, 0.25) is 0 Å². The molecule has 2 atom stereocenters. The standard InChI is InChI=1S/C29H37BrO4Si/c1-29(2,3)35(4,5)34-28(25(30)19-31)24-16-17-26(32-20-22-12-8-6-9-13-22)27(18-24)33-21-23-14-10-7-11-15-23/h6-18,25,28,31H,19-21H2,1-5H3/t25-,28-/m1/s1. The zero-order valence-corrected chi connectivity index (χ0v) is 23.9. The van der Waals surface area contributed by atoms with E-state index in [1.54, 1.807) is 0 Å². The molecule has 3 aromatic carbocycles. The molecule has 0 aliphatic rings. The van der Waals surface area contributed by atoms with Crippen molar-refractivity contribution >= 4 is 24.2 Å². The van der Waals surface area contributed by atoms with E-state index in [0.717, 1.165) is 16.7 Å². The van der Waals surface area contributed by atoms with Crippen LogP contribution < -0.4 is 9.47 Å². The summed E-state index contributed by atoms with van der Waals surface area (Å²) in [7, 11) is -2.10. The first-order valence-electron chi connectivity index (χ1n) is 12.0. The van der Waals surface area contributed by atoms with Gasteiger partial charge in [0.1, 0.15) is 13.2 Å². The van der Waals surface area contributed by atoms with E-state index >= 15 is 0 Å². The third kappa shape index (κ3) is 7.68. The lowest BCUT2D eigenvalue weighted by molar-refractivity contribution is 0.150. The molecular formula is C29H37BrO4Si. The molecule has 35 heavy (non-hydrogen) atoms. The van der Waals surface area contributed by atoms with E-state index in [1.807, 2.05) is 78.9 Å². The second-order valence-electron chi connectivity index (χ2n) is 10.3. The van der Waals surface area contributed by atoms with E-state index in [-0.39, 0.29) is 22.6 Å². The van der Waals surface area contributed by atoms with Gasteiger partial charge in [-0.25, -0.2) is 0 Å². The molecule has 0 aliphatic carbocycles. The van der Waals surface area contributed by atoms with Crippen LogP contribution in [0.3, 0.4) is 0 Å². The fourth-order valence-corrected chi connectivity index (χ4v) is 5.25. The van der Waals surface area contributed by atoms with Crippen LogP contribution in [0.4, 0.5) is 0 Å². The topological polar surface area (TPSA) is 47.9 Å². The van der Waals surface area contributed by atoms with Crippen LogP contribution in [0.2, 0.25) is 18.1 Å². The van der Waals surface area contributed by atoms with Gasteiger partial charge in [-0.3, -0.25) is 0 Å². The molecule has 0 aliphatic heterocycles. The third-order valence-corrected chi connectivity index (χ3v) is 11.7. The number of aliphatic hydroxyl groups is 1. The Kier molecular flexibility index (Phi) is 9.59. The maximum Gasteiger partial charge on any atom is 0.192 e. The summed E-state index contributed by atoms with van der Waals surface area (Å²) in [6.45, 7) is 11.9. The van der Waals surface area contributed by atoms with E-state index in [9.17, 15) is 5.11 Å². The molecule has 0 radical (unpaired) electrons. The first-order valence-corrected chi connectivity index (χ1v) is 15.8. The van der Waals surface area contributed by atoms with Crippen molar-refractivity contribution in [1.29, 1.82) is 0 Å². The summed E-state index contributed by atoms with van der Waals surface area (Å²) < 4.78 is 19.2. The van der Waals surface area contributed by atoms with Crippen molar-refractivity contribution in [2.24, 2.45) is 0 Å². The highest BCUT2D eigenvalue weighted by Crippen LogP contribution is 2.43. The van der Waals surface area contributed by atoms with Gasteiger partial charge in [-0.15, -0.1) is 0 Å². The number of rotatable bonds is 11. The number of alkyl halides is 1. The average Bonchev–Trinajstić information content (AvgIpc) is 2.85. The Bertz CT molecular complexity index is 1050. The van der Waals surface area contributed by atoms with Crippen molar-refractivity contribution in [3.8, 4) is 11.5 Å². The molecule has 3 rings (SSSR count). The van der Waals surface area contributed by atoms with Gasteiger partial charge in [0.15, 0.2) is 19.8 Å². The van der Waals surface area contributed by atoms with Gasteiger partial charge in [-0.2, -0.15) is 0 Å². The number of benzene rings is 3. The van der Waals surface area contributed by atoms with Gasteiger partial charge in [0.25, 0.3) is 0 Å². The van der Waals surface area contributed by atoms with E-state index in [2.05, 4.69) is 49.8 Å². The van der Waals surface area contributed by atoms with E-state index in [1.165, 1.54) is 0 Å². The van der Waals surface area contributed by atoms with E-state index in [4.69, 9.17) is 13.9 Å². The van der Waals surface area contributed by atoms with Crippen LogP contribution in [0, 0.1) is 0 Å². The fraction of sp³-hybridized carbons (Fsp3) is 0.379. The molecule has 0 saturated carbocycles. The van der Waals surface area contributed by atoms with Crippen LogP contribution >= 0.6 is 15.9 Å². The van der Waals surface area contributed by atoms with Gasteiger partial charge in [-0.1, -0.05) is 103 Å². The minimum atomic E-state index is -2.10. The minimum Gasteiger partial charge on any atom is -0.485 e. The Hall–Kier alpha value is -2.12. The lowest BCUT2D eigenvalue weighted by Gasteiger charge is -2.40. The lowest BCUT2D eigenvalue weighted by Crippen LogP contribution is -2.43. The summed E-state index contributed by atoms with van der Waals surface area (Å²) in [6.07, 6.45) is -0.317. The molecule has 0 amide bonds. The predicted octanol–water partition coefficient (Wildman–Crippen LogP) is 7.66. The van der Waals surface area contributed by atoms with Crippen LogP contribution in [0.1, 0.15) is 43.6 Å². The summed E-state index contributed by atoms with van der Waals surface area (Å²) >= 11 is 3.65. The van der Waals surface area contributed by atoms with Gasteiger partial charge >= 0.3 is 0 Å². The molecule has 6 heteroatoms. The monoisotopic (exact) mass is 556 g/mol. The van der Waals surface area contributed by atoms with Crippen LogP contribution in [0.15, 0.2) is 78.9 Å². The second kappa shape index (κ2) is 12.2. The lowest BCUT2D eigenvalue weighted by atomic mass is 10.1. The first kappa shape index (κ1) is 27.5. The number of hydrogen-bond donors (Lipinski definition) is 1. The normalized spacial score (nSPS) is 13.8. The largest absolute Gasteiger partial charge is 0.485 e. The highest BCUT2D eigenvalue weighted by molar-refractivity contribution is 9.09. The second-order valence-corrected chi connectivity index (χ2v) is 16.2. The summed E-state index contributed by atoms with van der Waals surface area (Å²) in [5.41, 5.74) is 3.11. The Balaban J connectivity index is 1.92. The molecule has 0 unspecified atom stereocenters. The van der Waals surface area contributed by atoms with Crippen molar-refractivity contribution in [3.63, 3.8) is 0 Å². The molecule has 0 aromatic heterocycles. The molecule has 3 aromatic rings. The zero-order chi connectivity index (χ0) is 25.5. The van der Waals surface area contributed by atoms with E-state index in [0.29, 0.717) is 24.7 Å². The Morgan fingerprint density at radius 2 is 1.31 bits per heavy atom. The number of hydrogen-bond acceptors (Lipinski definition) is 4. The van der Waals surface area contributed by atoms with Crippen LogP contribution in [0.5, 0.6) is 11.5 Å². The van der Waals surface area contributed by atoms with Gasteiger partial charge < -0.3 is 19.0 Å². The zero-order valence-electron chi connectivity index (χ0n) is 21.3. The average molecular weight is 558 g/mol. The van der Waals surface area contributed by atoms with Gasteiger partial charge in [0, 0.05) is 0 Å². The summed E-state index contributed by atoms with van der Waals surface area (Å²) in [6, 6.07) is 26.1. The van der Waals surface area contributed by atoms with E-state index < -0.39 is 8.32 Å². The first-order chi connectivity index (χ1) is 16.6. The Morgan fingerprint density at radius 3 is 1.80 bits per heavy atom. The highest BCUT2D eigenvalue weighted by Gasteiger charge is 2.41. The maximum atomic E-state index is 9.98. The Labute approximate surface area is 219 Å². The SMILES string of the molecule is CC(C)(C)[Si](C)(C)O[C@H](c1ccc(OCc2ccccc2)c(OCc2ccccc2)c1)[C@H](Br)CO. The van der Waals surface area contributed by atoms with Crippen molar-refractivity contribution in [2.45, 2.75) is 63.0 Å². The Morgan fingerprint density at radius 1 is 0.800 bits per heavy atom. The third-order valence-electron chi connectivity index (χ3n) is 6.50. The highest BCUT2D eigenvalue weighted by atomic mass is 79.9. The molecule has 0 bridgehead atoms. The van der Waals surface area contributed by atoms with Crippen LogP contribution in [0.25, 0.3) is 0 Å². The van der Waals surface area contributed by atoms with Gasteiger partial charge in [-0.05, 0) is 47.0 Å². The van der Waals surface area contributed by atoms with Crippen LogP contribution in [-0.4, -0.2) is 24.9 Å². The quantitative estimate of drug-likeness (QED) is 0.194. The summed E-state index contributed by atoms with van der Waals surface area (Å²) in [5.74, 6) is 1.33. The molecule has 4 nitrogen and oxygen atoms in total. The molecule has 1 N–H and O–H groups in total. The molecule has 0 saturated heterocycles. The van der Waals surface area contributed by atoms with Crippen molar-refractivity contribution < 1.29 is 19.0 Å². The van der Waals surface area contributed by atoms with Crippen molar-refractivity contribution in [1.82, 2.24) is 0 Å². The molecule has 188 valence electrons. The summed E-state index contributed by atoms with van der Waals surface area (Å²) in [5, 5.41) is 10.0. The fourth-order valence-electron chi connectivity index (χ4n) is 3.34. The number of aliphatic hydroxyl groups excluding tert-OH is 1. The number of ether oxygens (including phenoxy) is 2. The van der Waals surface area contributed by atoms with Crippen LogP contribution in [-0.2, 0) is 17.6 Å². The molecule has 0 spiro atoms. The van der Waals surface area contributed by atoms with Crippen molar-refractivity contribution in [3.05, 3.63) is 95.6 Å². The van der Waals surface area contributed by atoms with Gasteiger partial charge in [0.05, 0.1) is 17.5 Å². The van der Waals surface area contributed by atoms with Crippen molar-refractivity contribution in [2.75, 3.05) is 6.61 Å². The molecule has 0 fully saturated rings.